The first-order valence-electron chi connectivity index (χ1n) is 6.78. The first kappa shape index (κ1) is 14.8. The van der Waals surface area contributed by atoms with Crippen LogP contribution >= 0.6 is 0 Å². The third kappa shape index (κ3) is 3.93. The Labute approximate surface area is 118 Å². The summed E-state index contributed by atoms with van der Waals surface area (Å²) in [5, 5.41) is 7.24. The van der Waals surface area contributed by atoms with Gasteiger partial charge in [-0.3, -0.25) is 0 Å². The number of hydrogen-bond acceptors (Lipinski definition) is 5. The first-order chi connectivity index (χ1) is 9.37. The lowest BCUT2D eigenvalue weighted by Gasteiger charge is -2.26. The Balaban J connectivity index is 1.92. The summed E-state index contributed by atoms with van der Waals surface area (Å²) >= 11 is 0. The van der Waals surface area contributed by atoms with Crippen LogP contribution < -0.4 is 5.32 Å². The van der Waals surface area contributed by atoms with E-state index in [0.717, 1.165) is 18.7 Å². The second kappa shape index (κ2) is 5.78. The summed E-state index contributed by atoms with van der Waals surface area (Å²) in [6.07, 6.45) is 1.24. The molecule has 0 bridgehead atoms. The fourth-order valence-electron chi connectivity index (χ4n) is 2.14. The molecule has 0 spiro atoms. The molecule has 2 heterocycles. The van der Waals surface area contributed by atoms with Gasteiger partial charge in [0.05, 0.1) is 12.6 Å². The van der Waals surface area contributed by atoms with Gasteiger partial charge in [-0.1, -0.05) is 0 Å². The smallest absolute Gasteiger partial charge is 0.407 e. The van der Waals surface area contributed by atoms with Crippen molar-refractivity contribution in [3.05, 3.63) is 11.6 Å². The van der Waals surface area contributed by atoms with Crippen LogP contribution in [0.25, 0.3) is 0 Å². The summed E-state index contributed by atoms with van der Waals surface area (Å²) in [5.41, 5.74) is -0.483. The molecular formula is C13H22N4O3. The molecular weight excluding hydrogens is 260 g/mol. The van der Waals surface area contributed by atoms with Crippen molar-refractivity contribution in [2.45, 2.75) is 58.4 Å². The van der Waals surface area contributed by atoms with Crippen LogP contribution in [-0.2, 0) is 29.0 Å². The normalized spacial score (nSPS) is 18.5. The summed E-state index contributed by atoms with van der Waals surface area (Å²) in [6, 6.07) is 0.0226. The summed E-state index contributed by atoms with van der Waals surface area (Å²) in [4.78, 5) is 16.1. The van der Waals surface area contributed by atoms with Gasteiger partial charge in [-0.2, -0.15) is 5.10 Å². The van der Waals surface area contributed by atoms with E-state index in [0.29, 0.717) is 19.0 Å². The van der Waals surface area contributed by atoms with Crippen molar-refractivity contribution in [3.8, 4) is 0 Å². The fraction of sp³-hybridized carbons (Fsp3) is 0.769. The number of aryl methyl sites for hydroxylation is 1. The number of amides is 1. The summed E-state index contributed by atoms with van der Waals surface area (Å²) in [6.45, 7) is 6.56. The minimum atomic E-state index is -0.483. The number of nitrogens with one attached hydrogen (secondary N) is 1. The predicted molar refractivity (Wildman–Crippen MR) is 72.2 cm³/mol. The summed E-state index contributed by atoms with van der Waals surface area (Å²) in [7, 11) is 1.62. The van der Waals surface area contributed by atoms with E-state index < -0.39 is 5.60 Å². The van der Waals surface area contributed by atoms with Gasteiger partial charge >= 0.3 is 6.09 Å². The lowest BCUT2D eigenvalue weighted by molar-refractivity contribution is 0.0491. The van der Waals surface area contributed by atoms with E-state index >= 15 is 0 Å². The molecule has 1 aromatic rings. The van der Waals surface area contributed by atoms with Gasteiger partial charge in [0, 0.05) is 13.5 Å². The first-order valence-corrected chi connectivity index (χ1v) is 6.78. The average molecular weight is 282 g/mol. The third-order valence-corrected chi connectivity index (χ3v) is 2.90. The Morgan fingerprint density at radius 2 is 2.25 bits per heavy atom. The maximum atomic E-state index is 11.7. The molecule has 0 saturated carbocycles. The highest BCUT2D eigenvalue weighted by molar-refractivity contribution is 5.68. The summed E-state index contributed by atoms with van der Waals surface area (Å²) in [5.74, 6) is 1.62. The van der Waals surface area contributed by atoms with Gasteiger partial charge in [0.15, 0.2) is 5.82 Å². The van der Waals surface area contributed by atoms with Crippen molar-refractivity contribution in [2.24, 2.45) is 0 Å². The molecule has 0 saturated heterocycles. The standard InChI is InChI=1S/C13H22N4O3/c1-13(2,3)20-12(18)14-9-5-6-11-15-10(8-19-4)16-17(11)7-9/h9H,5-8H2,1-4H3,(H,14,18)/t9-/m1/s1. The van der Waals surface area contributed by atoms with Gasteiger partial charge in [0.1, 0.15) is 18.0 Å². The van der Waals surface area contributed by atoms with Crippen LogP contribution in [0, 0.1) is 0 Å². The zero-order valence-electron chi connectivity index (χ0n) is 12.5. The van der Waals surface area contributed by atoms with Crippen LogP contribution in [0.2, 0.25) is 0 Å². The van der Waals surface area contributed by atoms with Crippen LogP contribution in [0.3, 0.4) is 0 Å². The number of aromatic nitrogens is 3. The van der Waals surface area contributed by atoms with Gasteiger partial charge in [0.25, 0.3) is 0 Å². The molecule has 0 radical (unpaired) electrons. The van der Waals surface area contributed by atoms with Crippen LogP contribution in [0.5, 0.6) is 0 Å². The molecule has 1 atom stereocenters. The Bertz CT molecular complexity index is 478. The third-order valence-electron chi connectivity index (χ3n) is 2.90. The molecule has 0 unspecified atom stereocenters. The molecule has 112 valence electrons. The van der Waals surface area contributed by atoms with Crippen molar-refractivity contribution in [2.75, 3.05) is 7.11 Å². The minimum absolute atomic E-state index is 0.0226. The number of carbonyl (C=O) groups excluding carboxylic acids is 1. The Hall–Kier alpha value is -1.63. The fourth-order valence-corrected chi connectivity index (χ4v) is 2.14. The highest BCUT2D eigenvalue weighted by Crippen LogP contribution is 2.14. The maximum absolute atomic E-state index is 11.7. The van der Waals surface area contributed by atoms with Gasteiger partial charge < -0.3 is 14.8 Å². The van der Waals surface area contributed by atoms with Crippen LogP contribution in [0.1, 0.15) is 38.8 Å². The topological polar surface area (TPSA) is 78.3 Å². The molecule has 1 aliphatic rings. The van der Waals surface area contributed by atoms with Gasteiger partial charge in [-0.25, -0.2) is 14.5 Å². The minimum Gasteiger partial charge on any atom is -0.444 e. The second-order valence-electron chi connectivity index (χ2n) is 5.94. The Morgan fingerprint density at radius 1 is 1.50 bits per heavy atom. The van der Waals surface area contributed by atoms with E-state index in [2.05, 4.69) is 15.4 Å². The number of methoxy groups -OCH3 is 1. The zero-order chi connectivity index (χ0) is 14.8. The highest BCUT2D eigenvalue weighted by Gasteiger charge is 2.25. The van der Waals surface area contributed by atoms with Crippen molar-refractivity contribution in [1.82, 2.24) is 20.1 Å². The molecule has 1 amide bonds. The van der Waals surface area contributed by atoms with E-state index in [1.165, 1.54) is 0 Å². The van der Waals surface area contributed by atoms with E-state index in [1.54, 1.807) is 7.11 Å². The zero-order valence-corrected chi connectivity index (χ0v) is 12.5. The van der Waals surface area contributed by atoms with Crippen LogP contribution in [0.15, 0.2) is 0 Å². The Morgan fingerprint density at radius 3 is 2.90 bits per heavy atom. The van der Waals surface area contributed by atoms with Gasteiger partial charge in [-0.15, -0.1) is 0 Å². The van der Waals surface area contributed by atoms with Gasteiger partial charge in [-0.05, 0) is 27.2 Å². The molecule has 0 fully saturated rings. The number of alkyl carbamates (subject to hydrolysis) is 1. The molecule has 2 rings (SSSR count). The average Bonchev–Trinajstić information content (AvgIpc) is 2.68. The van der Waals surface area contributed by atoms with Crippen molar-refractivity contribution < 1.29 is 14.3 Å². The number of carbonyl (C=O) groups is 1. The van der Waals surface area contributed by atoms with E-state index in [-0.39, 0.29) is 12.1 Å². The molecule has 20 heavy (non-hydrogen) atoms. The maximum Gasteiger partial charge on any atom is 0.407 e. The number of fused-ring (bicyclic) bond motifs is 1. The van der Waals surface area contributed by atoms with Crippen LogP contribution in [-0.4, -0.2) is 39.6 Å². The molecule has 1 aliphatic heterocycles. The van der Waals surface area contributed by atoms with E-state index in [1.807, 2.05) is 25.5 Å². The number of nitrogens with zero attached hydrogens (tertiary/aromatic N) is 3. The van der Waals surface area contributed by atoms with Crippen LogP contribution in [0.4, 0.5) is 4.79 Å². The highest BCUT2D eigenvalue weighted by atomic mass is 16.6. The molecule has 1 aromatic heterocycles. The molecule has 7 heteroatoms. The quantitative estimate of drug-likeness (QED) is 0.903. The lowest BCUT2D eigenvalue weighted by atomic mass is 10.1. The van der Waals surface area contributed by atoms with Crippen molar-refractivity contribution in [1.29, 1.82) is 0 Å². The monoisotopic (exact) mass is 282 g/mol. The van der Waals surface area contributed by atoms with E-state index in [9.17, 15) is 4.79 Å². The lowest BCUT2D eigenvalue weighted by Crippen LogP contribution is -2.43. The molecule has 1 N–H and O–H groups in total. The number of ether oxygens (including phenoxy) is 2. The van der Waals surface area contributed by atoms with Crippen molar-refractivity contribution in [3.63, 3.8) is 0 Å². The Kier molecular flexibility index (Phi) is 4.27. The molecule has 7 nitrogen and oxygen atoms in total. The SMILES string of the molecule is COCc1nc2n(n1)C[C@H](NC(=O)OC(C)(C)C)CC2. The largest absolute Gasteiger partial charge is 0.444 e. The number of hydrogen-bond donors (Lipinski definition) is 1. The van der Waals surface area contributed by atoms with Crippen molar-refractivity contribution >= 4 is 6.09 Å². The van der Waals surface area contributed by atoms with Gasteiger partial charge in [0.2, 0.25) is 0 Å². The molecule has 0 aromatic carbocycles. The molecule has 0 aliphatic carbocycles. The second-order valence-corrected chi connectivity index (χ2v) is 5.94. The number of rotatable bonds is 3. The predicted octanol–water partition coefficient (Wildman–Crippen LogP) is 1.26. The van der Waals surface area contributed by atoms with E-state index in [4.69, 9.17) is 9.47 Å². The summed E-state index contributed by atoms with van der Waals surface area (Å²) < 4.78 is 12.1.